The number of hydrogen-bond donors (Lipinski definition) is 3. The van der Waals surface area contributed by atoms with Crippen molar-refractivity contribution in [2.24, 2.45) is 0 Å². The highest BCUT2D eigenvalue weighted by Crippen LogP contribution is 2.17. The minimum absolute atomic E-state index is 0.249. The summed E-state index contributed by atoms with van der Waals surface area (Å²) in [5, 5.41) is 8.69. The van der Waals surface area contributed by atoms with Crippen LogP contribution < -0.4 is 16.1 Å². The SMILES string of the molecule is O=C(O)CN1CC=Cc2c1[nH]c(=O)[nH]c2=O. The van der Waals surface area contributed by atoms with Gasteiger partial charge in [0, 0.05) is 6.54 Å². The van der Waals surface area contributed by atoms with Gasteiger partial charge in [-0.1, -0.05) is 6.08 Å². The van der Waals surface area contributed by atoms with Crippen molar-refractivity contribution in [3.63, 3.8) is 0 Å². The average Bonchev–Trinajstić information content (AvgIpc) is 2.18. The van der Waals surface area contributed by atoms with Gasteiger partial charge in [0.2, 0.25) is 0 Å². The van der Waals surface area contributed by atoms with Crippen molar-refractivity contribution in [2.75, 3.05) is 18.0 Å². The first-order chi connectivity index (χ1) is 7.58. The van der Waals surface area contributed by atoms with Crippen LogP contribution in [0, 0.1) is 0 Å². The smallest absolute Gasteiger partial charge is 0.327 e. The van der Waals surface area contributed by atoms with Crippen LogP contribution in [0.3, 0.4) is 0 Å². The number of aromatic amines is 2. The quantitative estimate of drug-likeness (QED) is 0.595. The number of aromatic nitrogens is 2. The number of carboxylic acids is 1. The third-order valence-corrected chi connectivity index (χ3v) is 2.21. The normalized spacial score (nSPS) is 13.6. The van der Waals surface area contributed by atoms with Crippen LogP contribution in [-0.2, 0) is 4.79 Å². The Morgan fingerprint density at radius 3 is 2.88 bits per heavy atom. The lowest BCUT2D eigenvalue weighted by Crippen LogP contribution is -2.37. The van der Waals surface area contributed by atoms with Gasteiger partial charge in [-0.3, -0.25) is 19.6 Å². The van der Waals surface area contributed by atoms with Crippen molar-refractivity contribution in [3.8, 4) is 0 Å². The fraction of sp³-hybridized carbons (Fsp3) is 0.222. The molecule has 84 valence electrons. The van der Waals surface area contributed by atoms with Gasteiger partial charge in [0.15, 0.2) is 0 Å². The molecule has 1 aromatic rings. The maximum Gasteiger partial charge on any atom is 0.327 e. The zero-order valence-electron chi connectivity index (χ0n) is 8.19. The highest BCUT2D eigenvalue weighted by molar-refractivity contribution is 5.76. The van der Waals surface area contributed by atoms with Crippen LogP contribution in [0.2, 0.25) is 0 Å². The second kappa shape index (κ2) is 3.69. The topological polar surface area (TPSA) is 106 Å². The molecular weight excluding hydrogens is 214 g/mol. The molecule has 0 saturated heterocycles. The minimum atomic E-state index is -1.03. The summed E-state index contributed by atoms with van der Waals surface area (Å²) in [6, 6.07) is 0. The Kier molecular flexibility index (Phi) is 2.35. The fourth-order valence-electron chi connectivity index (χ4n) is 1.58. The van der Waals surface area contributed by atoms with Gasteiger partial charge >= 0.3 is 11.7 Å². The van der Waals surface area contributed by atoms with Crippen LogP contribution >= 0.6 is 0 Å². The number of hydrogen-bond acceptors (Lipinski definition) is 4. The third kappa shape index (κ3) is 1.74. The number of aliphatic carboxylic acids is 1. The summed E-state index contributed by atoms with van der Waals surface area (Å²) in [6.07, 6.45) is 3.22. The van der Waals surface area contributed by atoms with E-state index in [1.807, 2.05) is 0 Å². The lowest BCUT2D eigenvalue weighted by atomic mass is 10.2. The molecular formula is C9H9N3O4. The summed E-state index contributed by atoms with van der Waals surface area (Å²) in [4.78, 5) is 39.0. The Morgan fingerprint density at radius 2 is 2.19 bits per heavy atom. The van der Waals surface area contributed by atoms with E-state index in [9.17, 15) is 14.4 Å². The molecule has 0 spiro atoms. The van der Waals surface area contributed by atoms with Crippen LogP contribution in [-0.4, -0.2) is 34.1 Å². The minimum Gasteiger partial charge on any atom is -0.480 e. The predicted molar refractivity (Wildman–Crippen MR) is 56.6 cm³/mol. The van der Waals surface area contributed by atoms with E-state index in [1.165, 1.54) is 4.90 Å². The van der Waals surface area contributed by atoms with E-state index in [-0.39, 0.29) is 17.9 Å². The number of carbonyl (C=O) groups is 1. The van der Waals surface area contributed by atoms with Crippen molar-refractivity contribution in [2.45, 2.75) is 0 Å². The largest absolute Gasteiger partial charge is 0.480 e. The molecule has 1 aromatic heterocycles. The van der Waals surface area contributed by atoms with Crippen LogP contribution in [0.4, 0.5) is 5.82 Å². The highest BCUT2D eigenvalue weighted by atomic mass is 16.4. The van der Waals surface area contributed by atoms with Gasteiger partial charge in [0.25, 0.3) is 5.56 Å². The van der Waals surface area contributed by atoms with E-state index in [2.05, 4.69) is 9.97 Å². The Bertz CT molecular complexity index is 569. The summed E-state index contributed by atoms with van der Waals surface area (Å²) >= 11 is 0. The number of anilines is 1. The van der Waals surface area contributed by atoms with E-state index in [0.29, 0.717) is 6.54 Å². The molecule has 0 atom stereocenters. The second-order valence-corrected chi connectivity index (χ2v) is 3.35. The van der Waals surface area contributed by atoms with Gasteiger partial charge in [0.05, 0.1) is 5.56 Å². The third-order valence-electron chi connectivity index (χ3n) is 2.21. The van der Waals surface area contributed by atoms with E-state index in [4.69, 9.17) is 5.11 Å². The number of fused-ring (bicyclic) bond motifs is 1. The van der Waals surface area contributed by atoms with Crippen molar-refractivity contribution in [1.82, 2.24) is 9.97 Å². The first kappa shape index (κ1) is 10.2. The summed E-state index contributed by atoms with van der Waals surface area (Å²) < 4.78 is 0. The molecule has 7 nitrogen and oxygen atoms in total. The maximum absolute atomic E-state index is 11.4. The first-order valence-electron chi connectivity index (χ1n) is 4.58. The molecule has 2 rings (SSSR count). The van der Waals surface area contributed by atoms with E-state index in [0.717, 1.165) is 0 Å². The van der Waals surface area contributed by atoms with Crippen LogP contribution in [0.15, 0.2) is 15.7 Å². The van der Waals surface area contributed by atoms with Crippen LogP contribution in [0.25, 0.3) is 6.08 Å². The zero-order chi connectivity index (χ0) is 11.7. The number of H-pyrrole nitrogens is 2. The van der Waals surface area contributed by atoms with E-state index >= 15 is 0 Å². The molecule has 2 heterocycles. The monoisotopic (exact) mass is 223 g/mol. The zero-order valence-corrected chi connectivity index (χ0v) is 8.19. The number of nitrogens with one attached hydrogen (secondary N) is 2. The van der Waals surface area contributed by atoms with Gasteiger partial charge < -0.3 is 10.0 Å². The molecule has 0 radical (unpaired) electrons. The Morgan fingerprint density at radius 1 is 1.44 bits per heavy atom. The molecule has 0 aliphatic carbocycles. The standard InChI is InChI=1S/C9H9N3O4/c13-6(14)4-12-3-1-2-5-7(12)10-9(16)11-8(5)15/h1-2H,3-4H2,(H,13,14)(H2,10,11,15,16). The second-order valence-electron chi connectivity index (χ2n) is 3.35. The Labute approximate surface area is 89.0 Å². The molecule has 16 heavy (non-hydrogen) atoms. The lowest BCUT2D eigenvalue weighted by molar-refractivity contribution is -0.135. The highest BCUT2D eigenvalue weighted by Gasteiger charge is 2.18. The molecule has 0 fully saturated rings. The van der Waals surface area contributed by atoms with E-state index < -0.39 is 17.2 Å². The van der Waals surface area contributed by atoms with Gasteiger partial charge in [-0.15, -0.1) is 0 Å². The molecule has 0 unspecified atom stereocenters. The molecule has 0 saturated carbocycles. The van der Waals surface area contributed by atoms with Crippen molar-refractivity contribution < 1.29 is 9.90 Å². The molecule has 0 amide bonds. The predicted octanol–water partition coefficient (Wildman–Crippen LogP) is -1.02. The molecule has 0 aromatic carbocycles. The van der Waals surface area contributed by atoms with Gasteiger partial charge in [-0.2, -0.15) is 0 Å². The lowest BCUT2D eigenvalue weighted by Gasteiger charge is -2.24. The molecule has 1 aliphatic heterocycles. The number of carboxylic acid groups (broad SMARTS) is 1. The van der Waals surface area contributed by atoms with Crippen LogP contribution in [0.1, 0.15) is 5.56 Å². The van der Waals surface area contributed by atoms with Crippen LogP contribution in [0.5, 0.6) is 0 Å². The molecule has 3 N–H and O–H groups in total. The van der Waals surface area contributed by atoms with Crippen molar-refractivity contribution in [1.29, 1.82) is 0 Å². The number of rotatable bonds is 2. The molecule has 1 aliphatic rings. The summed E-state index contributed by atoms with van der Waals surface area (Å²) in [6.45, 7) is 0.0788. The summed E-state index contributed by atoms with van der Waals surface area (Å²) in [7, 11) is 0. The van der Waals surface area contributed by atoms with Gasteiger partial charge in [0.1, 0.15) is 12.4 Å². The Hall–Kier alpha value is -2.31. The van der Waals surface area contributed by atoms with E-state index in [1.54, 1.807) is 12.2 Å². The average molecular weight is 223 g/mol. The summed E-state index contributed by atoms with van der Waals surface area (Å²) in [5.41, 5.74) is -0.897. The first-order valence-corrected chi connectivity index (χ1v) is 4.58. The van der Waals surface area contributed by atoms with Gasteiger partial charge in [-0.05, 0) is 6.08 Å². The van der Waals surface area contributed by atoms with Crippen molar-refractivity contribution >= 4 is 17.9 Å². The molecule has 0 bridgehead atoms. The Balaban J connectivity index is 2.54. The molecule has 7 heteroatoms. The summed E-state index contributed by atoms with van der Waals surface area (Å²) in [5.74, 6) is -0.777. The fourth-order valence-corrected chi connectivity index (χ4v) is 1.58. The number of nitrogens with zero attached hydrogens (tertiary/aromatic N) is 1. The maximum atomic E-state index is 11.4. The van der Waals surface area contributed by atoms with Crippen molar-refractivity contribution in [3.05, 3.63) is 32.5 Å². The van der Waals surface area contributed by atoms with Gasteiger partial charge in [-0.25, -0.2) is 4.79 Å².